The van der Waals surface area contributed by atoms with Crippen molar-refractivity contribution in [2.75, 3.05) is 5.32 Å². The van der Waals surface area contributed by atoms with Crippen molar-refractivity contribution in [2.45, 2.75) is 18.7 Å². The average Bonchev–Trinajstić information content (AvgIpc) is 2.18. The van der Waals surface area contributed by atoms with Crippen LogP contribution < -0.4 is 10.5 Å². The number of anilines is 1. The van der Waals surface area contributed by atoms with E-state index >= 15 is 0 Å². The van der Waals surface area contributed by atoms with Crippen molar-refractivity contribution >= 4 is 33.2 Å². The lowest BCUT2D eigenvalue weighted by Gasteiger charge is -2.07. The molecule has 7 heteroatoms. The molecule has 1 amide bonds. The van der Waals surface area contributed by atoms with E-state index in [0.717, 1.165) is 5.57 Å². The summed E-state index contributed by atoms with van der Waals surface area (Å²) >= 11 is 5.86. The normalized spacial score (nSPS) is 10.9. The number of rotatable bonds is 3. The van der Waals surface area contributed by atoms with Gasteiger partial charge in [0.15, 0.2) is 0 Å². The van der Waals surface area contributed by atoms with E-state index in [1.165, 1.54) is 24.3 Å². The molecule has 1 aromatic carbocycles. The topological polar surface area (TPSA) is 89.3 Å². The van der Waals surface area contributed by atoms with Gasteiger partial charge in [-0.1, -0.05) is 17.2 Å². The van der Waals surface area contributed by atoms with Gasteiger partial charge in [-0.05, 0) is 32.0 Å². The minimum absolute atomic E-state index is 0.112. The first-order valence-corrected chi connectivity index (χ1v) is 6.91. The number of carbonyl (C=O) groups is 1. The number of sulfonamides is 1. The van der Waals surface area contributed by atoms with Crippen LogP contribution in [0.3, 0.4) is 0 Å². The summed E-state index contributed by atoms with van der Waals surface area (Å²) in [5, 5.41) is 7.71. The fraction of sp³-hybridized carbons (Fsp3) is 0.182. The minimum atomic E-state index is -3.83. The van der Waals surface area contributed by atoms with Crippen LogP contribution in [0.4, 0.5) is 5.69 Å². The van der Waals surface area contributed by atoms with Crippen LogP contribution >= 0.6 is 11.6 Å². The highest BCUT2D eigenvalue weighted by atomic mass is 35.5. The Balaban J connectivity index is 3.10. The van der Waals surface area contributed by atoms with Crippen LogP contribution in [0.2, 0.25) is 5.02 Å². The van der Waals surface area contributed by atoms with Crippen LogP contribution in [0.25, 0.3) is 0 Å². The molecule has 0 fully saturated rings. The summed E-state index contributed by atoms with van der Waals surface area (Å²) in [6.07, 6.45) is 1.37. The van der Waals surface area contributed by atoms with Crippen molar-refractivity contribution in [3.05, 3.63) is 34.9 Å². The Morgan fingerprint density at radius 3 is 2.50 bits per heavy atom. The molecule has 18 heavy (non-hydrogen) atoms. The zero-order valence-electron chi connectivity index (χ0n) is 9.90. The van der Waals surface area contributed by atoms with Crippen LogP contribution in [-0.4, -0.2) is 14.3 Å². The summed E-state index contributed by atoms with van der Waals surface area (Å²) < 4.78 is 22.3. The molecule has 0 bridgehead atoms. The molecule has 0 saturated heterocycles. The van der Waals surface area contributed by atoms with E-state index in [1.54, 1.807) is 13.8 Å². The molecule has 0 heterocycles. The van der Waals surface area contributed by atoms with Crippen LogP contribution in [-0.2, 0) is 14.8 Å². The number of carbonyl (C=O) groups excluding carboxylic acids is 1. The van der Waals surface area contributed by atoms with E-state index in [1.807, 2.05) is 0 Å². The lowest BCUT2D eigenvalue weighted by Crippen LogP contribution is -2.14. The minimum Gasteiger partial charge on any atom is -0.321 e. The summed E-state index contributed by atoms with van der Waals surface area (Å²) in [5.41, 5.74) is 1.01. The van der Waals surface area contributed by atoms with Crippen molar-refractivity contribution in [1.82, 2.24) is 0 Å². The zero-order valence-corrected chi connectivity index (χ0v) is 11.5. The molecule has 0 aromatic heterocycles. The summed E-state index contributed by atoms with van der Waals surface area (Å²) in [6, 6.07) is 3.85. The molecule has 0 aliphatic heterocycles. The number of nitrogens with one attached hydrogen (secondary N) is 1. The third-order valence-electron chi connectivity index (χ3n) is 1.94. The van der Waals surface area contributed by atoms with E-state index in [2.05, 4.69) is 5.32 Å². The SMILES string of the molecule is CC(C)=CC(=O)Nc1cc(S(N)(=O)=O)ccc1Cl. The molecular formula is C11H13ClN2O3S. The van der Waals surface area contributed by atoms with Gasteiger partial charge in [-0.2, -0.15) is 0 Å². The first-order valence-electron chi connectivity index (χ1n) is 4.98. The lowest BCUT2D eigenvalue weighted by atomic mass is 10.3. The number of halogens is 1. The van der Waals surface area contributed by atoms with Crippen LogP contribution in [0.1, 0.15) is 13.8 Å². The molecular weight excluding hydrogens is 276 g/mol. The fourth-order valence-electron chi connectivity index (χ4n) is 1.21. The van der Waals surface area contributed by atoms with Gasteiger partial charge >= 0.3 is 0 Å². The molecule has 0 saturated carbocycles. The second-order valence-corrected chi connectivity index (χ2v) is 5.87. The van der Waals surface area contributed by atoms with Gasteiger partial charge in [-0.15, -0.1) is 0 Å². The van der Waals surface area contributed by atoms with Gasteiger partial charge < -0.3 is 5.32 Å². The lowest BCUT2D eigenvalue weighted by molar-refractivity contribution is -0.111. The van der Waals surface area contributed by atoms with E-state index in [9.17, 15) is 13.2 Å². The second-order valence-electron chi connectivity index (χ2n) is 3.90. The Morgan fingerprint density at radius 2 is 2.00 bits per heavy atom. The molecule has 5 nitrogen and oxygen atoms in total. The highest BCUT2D eigenvalue weighted by Gasteiger charge is 2.11. The zero-order chi connectivity index (χ0) is 13.9. The van der Waals surface area contributed by atoms with E-state index in [0.29, 0.717) is 0 Å². The van der Waals surface area contributed by atoms with E-state index in [4.69, 9.17) is 16.7 Å². The Hall–Kier alpha value is -1.37. The second kappa shape index (κ2) is 5.51. The Kier molecular flexibility index (Phi) is 4.50. The van der Waals surface area contributed by atoms with Crippen molar-refractivity contribution in [3.63, 3.8) is 0 Å². The third kappa shape index (κ3) is 4.14. The number of hydrogen-bond donors (Lipinski definition) is 2. The van der Waals surface area contributed by atoms with Gasteiger partial charge in [-0.25, -0.2) is 13.6 Å². The molecule has 3 N–H and O–H groups in total. The fourth-order valence-corrected chi connectivity index (χ4v) is 1.91. The van der Waals surface area contributed by atoms with Crippen LogP contribution in [0, 0.1) is 0 Å². The third-order valence-corrected chi connectivity index (χ3v) is 3.18. The molecule has 1 rings (SSSR count). The van der Waals surface area contributed by atoms with Crippen LogP contribution in [0.5, 0.6) is 0 Å². The van der Waals surface area contributed by atoms with Crippen molar-refractivity contribution in [3.8, 4) is 0 Å². The van der Waals surface area contributed by atoms with Gasteiger partial charge in [-0.3, -0.25) is 4.79 Å². The number of hydrogen-bond acceptors (Lipinski definition) is 3. The van der Waals surface area contributed by atoms with Crippen molar-refractivity contribution < 1.29 is 13.2 Å². The summed E-state index contributed by atoms with van der Waals surface area (Å²) in [6.45, 7) is 3.53. The monoisotopic (exact) mass is 288 g/mol. The first kappa shape index (κ1) is 14.7. The molecule has 0 radical (unpaired) electrons. The number of benzene rings is 1. The average molecular weight is 289 g/mol. The van der Waals surface area contributed by atoms with Crippen molar-refractivity contribution in [1.29, 1.82) is 0 Å². The molecule has 1 aromatic rings. The predicted molar refractivity (Wildman–Crippen MR) is 70.9 cm³/mol. The largest absolute Gasteiger partial charge is 0.321 e. The predicted octanol–water partition coefficient (Wildman–Crippen LogP) is 1.89. The van der Waals surface area contributed by atoms with Gasteiger partial charge in [0.2, 0.25) is 15.9 Å². The molecule has 0 unspecified atom stereocenters. The van der Waals surface area contributed by atoms with Crippen LogP contribution in [0.15, 0.2) is 34.7 Å². The van der Waals surface area contributed by atoms with E-state index < -0.39 is 10.0 Å². The van der Waals surface area contributed by atoms with Gasteiger partial charge in [0.1, 0.15) is 0 Å². The maximum absolute atomic E-state index is 11.5. The molecule has 98 valence electrons. The highest BCUT2D eigenvalue weighted by molar-refractivity contribution is 7.89. The highest BCUT2D eigenvalue weighted by Crippen LogP contribution is 2.24. The smallest absolute Gasteiger partial charge is 0.248 e. The number of allylic oxidation sites excluding steroid dienone is 1. The Labute approximate surface area is 111 Å². The maximum Gasteiger partial charge on any atom is 0.248 e. The summed E-state index contributed by atoms with van der Waals surface area (Å²) in [7, 11) is -3.83. The summed E-state index contributed by atoms with van der Waals surface area (Å²) in [5.74, 6) is -0.386. The number of amides is 1. The quantitative estimate of drug-likeness (QED) is 0.832. The summed E-state index contributed by atoms with van der Waals surface area (Å²) in [4.78, 5) is 11.4. The van der Waals surface area contributed by atoms with Gasteiger partial charge in [0, 0.05) is 6.08 Å². The Bertz CT molecular complexity index is 605. The maximum atomic E-state index is 11.5. The van der Waals surface area contributed by atoms with Crippen molar-refractivity contribution in [2.24, 2.45) is 5.14 Å². The van der Waals surface area contributed by atoms with Gasteiger partial charge in [0.05, 0.1) is 15.6 Å². The first-order chi connectivity index (χ1) is 8.20. The standard InChI is InChI=1S/C11H13ClN2O3S/c1-7(2)5-11(15)14-10-6-8(18(13,16)17)3-4-9(10)12/h3-6H,1-2H3,(H,14,15)(H2,13,16,17). The van der Waals surface area contributed by atoms with E-state index in [-0.39, 0.29) is 21.5 Å². The molecule has 0 atom stereocenters. The molecule has 0 aliphatic carbocycles. The molecule has 0 aliphatic rings. The Morgan fingerprint density at radius 1 is 1.39 bits per heavy atom. The molecule has 0 spiro atoms. The number of nitrogens with two attached hydrogens (primary N) is 1. The van der Waals surface area contributed by atoms with Gasteiger partial charge in [0.25, 0.3) is 0 Å². The number of primary sulfonamides is 1.